The van der Waals surface area contributed by atoms with Crippen molar-refractivity contribution in [2.45, 2.75) is 65.3 Å². The number of benzene rings is 1. The van der Waals surface area contributed by atoms with Crippen LogP contribution in [-0.4, -0.2) is 52.8 Å². The minimum atomic E-state index is -4.87. The molecule has 2 rings (SSSR count). The zero-order valence-corrected chi connectivity index (χ0v) is 18.9. The van der Waals surface area contributed by atoms with Crippen molar-refractivity contribution in [3.05, 3.63) is 34.9 Å². The van der Waals surface area contributed by atoms with Gasteiger partial charge in [0.1, 0.15) is 5.60 Å². The number of likely N-dealkylation sites (tertiary alicyclic amines) is 1. The molecule has 0 aliphatic carbocycles. The molecule has 32 heavy (non-hydrogen) atoms. The third-order valence-corrected chi connectivity index (χ3v) is 5.16. The Kier molecular flexibility index (Phi) is 6.87. The maximum atomic E-state index is 13.7. The highest BCUT2D eigenvalue weighted by Crippen LogP contribution is 2.46. The molecule has 1 aliphatic heterocycles. The minimum absolute atomic E-state index is 0.138. The number of carboxylic acids is 1. The van der Waals surface area contributed by atoms with E-state index in [1.807, 2.05) is 0 Å². The van der Waals surface area contributed by atoms with Crippen LogP contribution in [0.3, 0.4) is 0 Å². The van der Waals surface area contributed by atoms with Gasteiger partial charge in [-0.05, 0) is 53.2 Å². The largest absolute Gasteiger partial charge is 0.481 e. The number of alkyl halides is 3. The van der Waals surface area contributed by atoms with Crippen LogP contribution >= 0.6 is 0 Å². The van der Waals surface area contributed by atoms with Gasteiger partial charge in [0.2, 0.25) is 0 Å². The molecule has 2 atom stereocenters. The Labute approximate surface area is 184 Å². The SMILES string of the molecule is CC(C)OC(=O)c1c([C@@H]2CN(C(=O)OC(C)(C)C)C[C@]2(C)C(=O)O)cccc1C(F)(F)F. The number of hydrogen-bond donors (Lipinski definition) is 1. The summed E-state index contributed by atoms with van der Waals surface area (Å²) in [6, 6.07) is 3.14. The summed E-state index contributed by atoms with van der Waals surface area (Å²) >= 11 is 0. The molecule has 1 amide bonds. The third kappa shape index (κ3) is 5.34. The number of nitrogens with zero attached hydrogens (tertiary/aromatic N) is 1. The predicted molar refractivity (Wildman–Crippen MR) is 108 cm³/mol. The Bertz CT molecular complexity index is 906. The summed E-state index contributed by atoms with van der Waals surface area (Å²) in [6.45, 7) is 8.72. The number of rotatable bonds is 4. The van der Waals surface area contributed by atoms with Crippen LogP contribution in [0.15, 0.2) is 18.2 Å². The first kappa shape index (κ1) is 25.5. The van der Waals surface area contributed by atoms with E-state index in [1.54, 1.807) is 20.8 Å². The fourth-order valence-electron chi connectivity index (χ4n) is 3.71. The van der Waals surface area contributed by atoms with E-state index in [1.165, 1.54) is 26.8 Å². The zero-order chi connectivity index (χ0) is 24.6. The van der Waals surface area contributed by atoms with E-state index in [0.717, 1.165) is 17.0 Å². The molecule has 0 spiro atoms. The lowest BCUT2D eigenvalue weighted by Crippen LogP contribution is -2.38. The summed E-state index contributed by atoms with van der Waals surface area (Å²) in [6.07, 6.45) is -6.35. The first-order valence-corrected chi connectivity index (χ1v) is 10.1. The molecule has 0 bridgehead atoms. The molecule has 7 nitrogen and oxygen atoms in total. The number of hydrogen-bond acceptors (Lipinski definition) is 5. The Hall–Kier alpha value is -2.78. The number of ether oxygens (including phenoxy) is 2. The Morgan fingerprint density at radius 3 is 2.25 bits per heavy atom. The Morgan fingerprint density at radius 2 is 1.78 bits per heavy atom. The smallest absolute Gasteiger partial charge is 0.417 e. The predicted octanol–water partition coefficient (Wildman–Crippen LogP) is 4.70. The Balaban J connectivity index is 2.64. The molecule has 1 heterocycles. The van der Waals surface area contributed by atoms with Crippen LogP contribution in [0.4, 0.5) is 18.0 Å². The van der Waals surface area contributed by atoms with E-state index < -0.39 is 58.4 Å². The molecule has 1 aromatic carbocycles. The van der Waals surface area contributed by atoms with Gasteiger partial charge < -0.3 is 19.5 Å². The van der Waals surface area contributed by atoms with Gasteiger partial charge in [0.05, 0.1) is 22.6 Å². The van der Waals surface area contributed by atoms with Crippen molar-refractivity contribution in [1.82, 2.24) is 4.90 Å². The fourth-order valence-corrected chi connectivity index (χ4v) is 3.71. The van der Waals surface area contributed by atoms with Crippen molar-refractivity contribution in [2.75, 3.05) is 13.1 Å². The van der Waals surface area contributed by atoms with Gasteiger partial charge in [-0.25, -0.2) is 9.59 Å². The summed E-state index contributed by atoms with van der Waals surface area (Å²) < 4.78 is 51.6. The van der Waals surface area contributed by atoms with Crippen LogP contribution < -0.4 is 0 Å². The molecule has 1 aromatic rings. The van der Waals surface area contributed by atoms with Gasteiger partial charge in [-0.3, -0.25) is 4.79 Å². The third-order valence-electron chi connectivity index (χ3n) is 5.16. The van der Waals surface area contributed by atoms with Crippen LogP contribution in [-0.2, 0) is 20.4 Å². The van der Waals surface area contributed by atoms with Crippen LogP contribution in [0.25, 0.3) is 0 Å². The number of carbonyl (C=O) groups excluding carboxylic acids is 2. The van der Waals surface area contributed by atoms with Crippen molar-refractivity contribution in [1.29, 1.82) is 0 Å². The van der Waals surface area contributed by atoms with Gasteiger partial charge in [0.15, 0.2) is 0 Å². The molecule has 0 saturated carbocycles. The number of carboxylic acid groups (broad SMARTS) is 1. The number of halogens is 3. The maximum absolute atomic E-state index is 13.7. The lowest BCUT2D eigenvalue weighted by molar-refractivity contribution is -0.147. The topological polar surface area (TPSA) is 93.1 Å². The molecule has 1 N–H and O–H groups in total. The van der Waals surface area contributed by atoms with E-state index in [9.17, 15) is 32.7 Å². The fraction of sp³-hybridized carbons (Fsp3) is 0.591. The van der Waals surface area contributed by atoms with Crippen molar-refractivity contribution < 1.29 is 42.1 Å². The highest BCUT2D eigenvalue weighted by atomic mass is 19.4. The average molecular weight is 459 g/mol. The maximum Gasteiger partial charge on any atom is 0.417 e. The van der Waals surface area contributed by atoms with Crippen molar-refractivity contribution in [3.63, 3.8) is 0 Å². The highest BCUT2D eigenvalue weighted by Gasteiger charge is 2.53. The molecular weight excluding hydrogens is 431 g/mol. The standard InChI is InChI=1S/C22H28F3NO6/c1-12(2)31-17(27)16-13(8-7-9-14(16)22(23,24)25)15-10-26(11-21(15,6)18(28)29)19(30)32-20(3,4)5/h7-9,12,15H,10-11H2,1-6H3,(H,28,29)/t15-,21-/m0/s1. The molecule has 0 radical (unpaired) electrons. The molecule has 1 fully saturated rings. The van der Waals surface area contributed by atoms with Crippen molar-refractivity contribution >= 4 is 18.0 Å². The second-order valence-electron chi connectivity index (χ2n) is 9.36. The Morgan fingerprint density at radius 1 is 1.19 bits per heavy atom. The second kappa shape index (κ2) is 8.63. The zero-order valence-electron chi connectivity index (χ0n) is 18.9. The molecule has 0 unspecified atom stereocenters. The lowest BCUT2D eigenvalue weighted by Gasteiger charge is -2.28. The monoisotopic (exact) mass is 459 g/mol. The number of amides is 1. The molecule has 1 aliphatic rings. The van der Waals surface area contributed by atoms with Crippen molar-refractivity contribution in [3.8, 4) is 0 Å². The van der Waals surface area contributed by atoms with E-state index in [-0.39, 0.29) is 18.7 Å². The van der Waals surface area contributed by atoms with Gasteiger partial charge in [-0.1, -0.05) is 12.1 Å². The van der Waals surface area contributed by atoms with E-state index in [0.29, 0.717) is 0 Å². The van der Waals surface area contributed by atoms with Gasteiger partial charge in [-0.2, -0.15) is 13.2 Å². The van der Waals surface area contributed by atoms with Gasteiger partial charge >= 0.3 is 24.2 Å². The quantitative estimate of drug-likeness (QED) is 0.657. The summed E-state index contributed by atoms with van der Waals surface area (Å²) in [5, 5.41) is 9.92. The molecule has 1 saturated heterocycles. The van der Waals surface area contributed by atoms with Crippen LogP contribution in [0.2, 0.25) is 0 Å². The first-order valence-electron chi connectivity index (χ1n) is 10.1. The van der Waals surface area contributed by atoms with Gasteiger partial charge in [0.25, 0.3) is 0 Å². The highest BCUT2D eigenvalue weighted by molar-refractivity contribution is 5.94. The van der Waals surface area contributed by atoms with Crippen LogP contribution in [0, 0.1) is 5.41 Å². The van der Waals surface area contributed by atoms with Crippen LogP contribution in [0.5, 0.6) is 0 Å². The van der Waals surface area contributed by atoms with Gasteiger partial charge in [-0.15, -0.1) is 0 Å². The number of carbonyl (C=O) groups is 3. The van der Waals surface area contributed by atoms with E-state index in [4.69, 9.17) is 9.47 Å². The summed E-state index contributed by atoms with van der Waals surface area (Å²) in [5.41, 5.74) is -4.60. The lowest BCUT2D eigenvalue weighted by atomic mass is 9.74. The molecule has 10 heteroatoms. The summed E-state index contributed by atoms with van der Waals surface area (Å²) in [4.78, 5) is 38.6. The molecule has 178 valence electrons. The van der Waals surface area contributed by atoms with Crippen molar-refractivity contribution in [2.24, 2.45) is 5.41 Å². The minimum Gasteiger partial charge on any atom is -0.481 e. The number of esters is 1. The second-order valence-corrected chi connectivity index (χ2v) is 9.36. The van der Waals surface area contributed by atoms with E-state index in [2.05, 4.69) is 0 Å². The summed E-state index contributed by atoms with van der Waals surface area (Å²) in [7, 11) is 0. The molecular formula is C22H28F3NO6. The molecule has 0 aromatic heterocycles. The average Bonchev–Trinajstić information content (AvgIpc) is 2.97. The van der Waals surface area contributed by atoms with E-state index >= 15 is 0 Å². The number of aliphatic carboxylic acids is 1. The van der Waals surface area contributed by atoms with Gasteiger partial charge in [0, 0.05) is 19.0 Å². The normalized spacial score (nSPS) is 21.6. The summed E-state index contributed by atoms with van der Waals surface area (Å²) in [5.74, 6) is -3.62. The van der Waals surface area contributed by atoms with Crippen LogP contribution in [0.1, 0.15) is 68.9 Å². The first-order chi connectivity index (χ1) is 14.5.